The molecule has 8 aromatic carbocycles. The Hall–Kier alpha value is -4.99. The number of nitrogens with zero attached hydrogens (tertiary/aromatic N) is 1. The Morgan fingerprint density at radius 2 is 0.850 bits per heavy atom. The summed E-state index contributed by atoms with van der Waals surface area (Å²) in [6, 6.07) is 43.9. The molecule has 0 unspecified atom stereocenters. The van der Waals surface area contributed by atoms with Crippen molar-refractivity contribution in [1.82, 2.24) is 3.96 Å². The second kappa shape index (κ2) is 8.01. The van der Waals surface area contributed by atoms with Crippen molar-refractivity contribution in [3.8, 4) is 5.69 Å². The van der Waals surface area contributed by atoms with E-state index in [4.69, 9.17) is 0 Å². The molecule has 0 saturated heterocycles. The third-order valence-electron chi connectivity index (χ3n) is 8.34. The van der Waals surface area contributed by atoms with Crippen LogP contribution < -0.4 is 5.56 Å². The molecule has 0 fully saturated rings. The lowest BCUT2D eigenvalue weighted by atomic mass is 9.93. The Kier molecular flexibility index (Phi) is 4.38. The molecule has 40 heavy (non-hydrogen) atoms. The monoisotopic (exact) mass is 527 g/mol. The summed E-state index contributed by atoms with van der Waals surface area (Å²) in [5.41, 5.74) is 0.942. The zero-order chi connectivity index (χ0) is 26.4. The molecule has 0 aliphatic rings. The number of hydrogen-bond acceptors (Lipinski definition) is 2. The summed E-state index contributed by atoms with van der Waals surface area (Å²) < 4.78 is 1.77. The van der Waals surface area contributed by atoms with Crippen molar-refractivity contribution in [3.63, 3.8) is 0 Å². The van der Waals surface area contributed by atoms with Gasteiger partial charge in [-0.3, -0.25) is 4.79 Å². The fourth-order valence-electron chi connectivity index (χ4n) is 6.38. The molecule has 0 saturated carbocycles. The lowest BCUT2D eigenvalue weighted by molar-refractivity contribution is 1.15. The van der Waals surface area contributed by atoms with Crippen LogP contribution in [-0.2, 0) is 0 Å². The van der Waals surface area contributed by atoms with Gasteiger partial charge < -0.3 is 0 Å². The van der Waals surface area contributed by atoms with Crippen LogP contribution in [0.1, 0.15) is 0 Å². The summed E-state index contributed by atoms with van der Waals surface area (Å²) in [6.07, 6.45) is 0. The number of rotatable bonds is 1. The fourth-order valence-corrected chi connectivity index (χ4v) is 7.12. The van der Waals surface area contributed by atoms with E-state index in [0.29, 0.717) is 0 Å². The Morgan fingerprint density at radius 3 is 1.43 bits per heavy atom. The smallest absolute Gasteiger partial charge is 0.265 e. The Morgan fingerprint density at radius 1 is 0.400 bits per heavy atom. The van der Waals surface area contributed by atoms with Crippen LogP contribution in [0.2, 0.25) is 0 Å². The average molecular weight is 528 g/mol. The van der Waals surface area contributed by atoms with Crippen LogP contribution in [0.15, 0.2) is 132 Å². The zero-order valence-electron chi connectivity index (χ0n) is 21.4. The summed E-state index contributed by atoms with van der Waals surface area (Å²) in [6.45, 7) is 0. The first kappa shape index (κ1) is 21.9. The van der Waals surface area contributed by atoms with E-state index in [9.17, 15) is 4.79 Å². The molecule has 0 aliphatic carbocycles. The lowest BCUT2D eigenvalue weighted by Crippen LogP contribution is -2.09. The predicted octanol–water partition coefficient (Wildman–Crippen LogP) is 9.97. The summed E-state index contributed by atoms with van der Waals surface area (Å²) in [4.78, 5) is 12.5. The highest BCUT2D eigenvalue weighted by Gasteiger charge is 2.11. The van der Waals surface area contributed by atoms with Gasteiger partial charge in [0.05, 0.1) is 5.69 Å². The minimum Gasteiger partial charge on any atom is -0.268 e. The molecule has 9 rings (SSSR count). The molecular weight excluding hydrogens is 506 g/mol. The minimum absolute atomic E-state index is 0.00880. The summed E-state index contributed by atoms with van der Waals surface area (Å²) in [7, 11) is 0. The normalized spacial score (nSPS) is 12.1. The van der Waals surface area contributed by atoms with E-state index in [1.807, 2.05) is 17.5 Å². The van der Waals surface area contributed by atoms with Crippen molar-refractivity contribution in [2.24, 2.45) is 0 Å². The molecule has 0 radical (unpaired) electrons. The second-order valence-corrected chi connectivity index (χ2v) is 11.5. The molecule has 186 valence electrons. The van der Waals surface area contributed by atoms with Crippen molar-refractivity contribution in [3.05, 3.63) is 137 Å². The first-order valence-corrected chi connectivity index (χ1v) is 14.3. The van der Waals surface area contributed by atoms with E-state index >= 15 is 0 Å². The van der Waals surface area contributed by atoms with Gasteiger partial charge >= 0.3 is 0 Å². The van der Waals surface area contributed by atoms with Crippen LogP contribution in [0.5, 0.6) is 0 Å². The highest BCUT2D eigenvalue weighted by atomic mass is 32.1. The summed E-state index contributed by atoms with van der Waals surface area (Å²) in [5, 5.41) is 19.0. The van der Waals surface area contributed by atoms with Gasteiger partial charge in [-0.1, -0.05) is 60.1 Å². The SMILES string of the molecule is O=c1ccsn1-c1cccc2cc3cc4ccc5cc6cc7cc8ccccc8cc7cc6cc5c4cc3cc12. The Balaban J connectivity index is 1.32. The van der Waals surface area contributed by atoms with Crippen molar-refractivity contribution >= 4 is 86.9 Å². The van der Waals surface area contributed by atoms with Gasteiger partial charge in [0.25, 0.3) is 5.56 Å². The molecule has 3 heteroatoms. The maximum atomic E-state index is 12.5. The number of hydrogen-bond donors (Lipinski definition) is 0. The van der Waals surface area contributed by atoms with E-state index in [-0.39, 0.29) is 5.56 Å². The molecule has 0 atom stereocenters. The van der Waals surface area contributed by atoms with Gasteiger partial charge in [0.1, 0.15) is 0 Å². The molecule has 0 N–H and O–H groups in total. The summed E-state index contributed by atoms with van der Waals surface area (Å²) in [5.74, 6) is 0. The van der Waals surface area contributed by atoms with Crippen LogP contribution in [0.4, 0.5) is 0 Å². The van der Waals surface area contributed by atoms with Crippen LogP contribution in [-0.4, -0.2) is 3.96 Å². The molecule has 1 aromatic heterocycles. The van der Waals surface area contributed by atoms with E-state index in [2.05, 4.69) is 103 Å². The lowest BCUT2D eigenvalue weighted by Gasteiger charge is -2.12. The third-order valence-corrected chi connectivity index (χ3v) is 9.19. The van der Waals surface area contributed by atoms with Crippen LogP contribution >= 0.6 is 11.5 Å². The van der Waals surface area contributed by atoms with Gasteiger partial charge in [-0.15, -0.1) is 0 Å². The highest BCUT2D eigenvalue weighted by Crippen LogP contribution is 2.36. The Bertz CT molecular complexity index is 2570. The summed E-state index contributed by atoms with van der Waals surface area (Å²) >= 11 is 1.43. The molecule has 0 amide bonds. The second-order valence-electron chi connectivity index (χ2n) is 10.7. The van der Waals surface area contributed by atoms with E-state index in [1.54, 1.807) is 10.0 Å². The third kappa shape index (κ3) is 3.19. The van der Waals surface area contributed by atoms with Crippen LogP contribution in [0, 0.1) is 0 Å². The Labute approximate surface area is 233 Å². The van der Waals surface area contributed by atoms with Gasteiger partial charge in [-0.25, -0.2) is 3.96 Å². The number of aromatic nitrogens is 1. The molecule has 0 aliphatic heterocycles. The molecule has 0 spiro atoms. The van der Waals surface area contributed by atoms with E-state index in [0.717, 1.165) is 16.5 Å². The zero-order valence-corrected chi connectivity index (χ0v) is 22.2. The largest absolute Gasteiger partial charge is 0.268 e. The molecule has 0 bridgehead atoms. The van der Waals surface area contributed by atoms with Crippen LogP contribution in [0.3, 0.4) is 0 Å². The van der Waals surface area contributed by atoms with Gasteiger partial charge in [-0.2, -0.15) is 0 Å². The van der Waals surface area contributed by atoms with E-state index < -0.39 is 0 Å². The maximum absolute atomic E-state index is 12.5. The molecule has 9 aromatic rings. The van der Waals surface area contributed by atoms with Crippen molar-refractivity contribution in [2.45, 2.75) is 0 Å². The molecular formula is C37H21NOS. The predicted molar refractivity (Wildman–Crippen MR) is 172 cm³/mol. The van der Waals surface area contributed by atoms with Crippen molar-refractivity contribution < 1.29 is 0 Å². The topological polar surface area (TPSA) is 22.0 Å². The van der Waals surface area contributed by atoms with Gasteiger partial charge in [0.15, 0.2) is 0 Å². The van der Waals surface area contributed by atoms with Crippen LogP contribution in [0.25, 0.3) is 81.1 Å². The quantitative estimate of drug-likeness (QED) is 0.154. The average Bonchev–Trinajstić information content (AvgIpc) is 3.41. The fraction of sp³-hybridized carbons (Fsp3) is 0. The van der Waals surface area contributed by atoms with Crippen molar-refractivity contribution in [2.75, 3.05) is 0 Å². The number of benzene rings is 8. The minimum atomic E-state index is 0.00880. The van der Waals surface area contributed by atoms with E-state index in [1.165, 1.54) is 76.2 Å². The molecule has 2 nitrogen and oxygen atoms in total. The first-order valence-electron chi connectivity index (χ1n) is 13.4. The van der Waals surface area contributed by atoms with Gasteiger partial charge in [0.2, 0.25) is 0 Å². The number of fused-ring (bicyclic) bond motifs is 8. The maximum Gasteiger partial charge on any atom is 0.265 e. The standard InChI is InChI=1S/C37H21NOS/c39-37-10-11-40-38(37)36-7-3-6-24-14-29-15-25-8-9-26-16-30-17-27-12-22-4-1-2-5-23(22)13-28(27)18-31(30)19-33(26)34(25)20-32(29)21-35(24)36/h1-21H. The first-order chi connectivity index (χ1) is 19.7. The van der Waals surface area contributed by atoms with Crippen molar-refractivity contribution in [1.29, 1.82) is 0 Å². The highest BCUT2D eigenvalue weighted by molar-refractivity contribution is 7.04. The molecule has 1 heterocycles. The van der Waals surface area contributed by atoms with Gasteiger partial charge in [0, 0.05) is 16.8 Å². The van der Waals surface area contributed by atoms with Gasteiger partial charge in [-0.05, 0) is 137 Å².